The number of aliphatic hydroxyl groups is 1. The number of amides is 2. The molecule has 11 heteroatoms. The van der Waals surface area contributed by atoms with Gasteiger partial charge in [-0.3, -0.25) is 4.79 Å². The zero-order valence-electron chi connectivity index (χ0n) is 21.6. The quantitative estimate of drug-likeness (QED) is 0.185. The van der Waals surface area contributed by atoms with Crippen molar-refractivity contribution in [2.75, 3.05) is 18.9 Å². The predicted molar refractivity (Wildman–Crippen MR) is 144 cm³/mol. The Morgan fingerprint density at radius 3 is 2.38 bits per heavy atom. The molecular formula is C28H32N4O6S. The van der Waals surface area contributed by atoms with Crippen molar-refractivity contribution in [3.8, 4) is 0 Å². The molecule has 0 spiro atoms. The van der Waals surface area contributed by atoms with Gasteiger partial charge in [-0.05, 0) is 29.7 Å². The molecule has 0 aliphatic carbocycles. The van der Waals surface area contributed by atoms with Crippen molar-refractivity contribution >= 4 is 23.8 Å². The zero-order valence-corrected chi connectivity index (χ0v) is 22.4. The predicted octanol–water partition coefficient (Wildman–Crippen LogP) is 3.67. The van der Waals surface area contributed by atoms with Crippen LogP contribution in [-0.4, -0.2) is 52.1 Å². The second-order valence-corrected chi connectivity index (χ2v) is 9.76. The third kappa shape index (κ3) is 8.75. The van der Waals surface area contributed by atoms with Gasteiger partial charge in [-0.1, -0.05) is 60.3 Å². The van der Waals surface area contributed by atoms with E-state index >= 15 is 0 Å². The molecule has 1 fully saturated rings. The number of rotatable bonds is 11. The maximum atomic E-state index is 12.0. The summed E-state index contributed by atoms with van der Waals surface area (Å²) in [6, 6.07) is 16.7. The number of ether oxygens (including phenoxy) is 3. The summed E-state index contributed by atoms with van der Waals surface area (Å²) in [6.45, 7) is 2.06. The van der Waals surface area contributed by atoms with Gasteiger partial charge in [0.25, 0.3) is 0 Å². The molecule has 206 valence electrons. The SMILES string of the molecule is CCOC(=O)CNC(=O)NCc1ccc([C@@H]2O[C@H](CSc3ncccn3)C[C@H](c3ccc(CO)cc3)O2)cc1. The van der Waals surface area contributed by atoms with Gasteiger partial charge in [0.05, 0.1) is 25.4 Å². The van der Waals surface area contributed by atoms with Crippen LogP contribution in [0.3, 0.4) is 0 Å². The van der Waals surface area contributed by atoms with Gasteiger partial charge in [-0.25, -0.2) is 14.8 Å². The number of carbonyl (C=O) groups is 2. The summed E-state index contributed by atoms with van der Waals surface area (Å²) in [5, 5.41) is 15.3. The molecule has 2 aromatic carbocycles. The Bertz CT molecular complexity index is 1200. The molecule has 3 N–H and O–H groups in total. The number of nitrogens with one attached hydrogen (secondary N) is 2. The van der Waals surface area contributed by atoms with Crippen LogP contribution in [0.2, 0.25) is 0 Å². The van der Waals surface area contributed by atoms with E-state index in [1.165, 1.54) is 11.8 Å². The zero-order chi connectivity index (χ0) is 27.5. The molecule has 1 saturated heterocycles. The highest BCUT2D eigenvalue weighted by Crippen LogP contribution is 2.39. The Morgan fingerprint density at radius 2 is 1.69 bits per heavy atom. The molecule has 1 aliphatic heterocycles. The third-order valence-corrected chi connectivity index (χ3v) is 6.97. The fourth-order valence-corrected chi connectivity index (χ4v) is 4.77. The van der Waals surface area contributed by atoms with Crippen LogP contribution in [0.5, 0.6) is 0 Å². The van der Waals surface area contributed by atoms with Gasteiger partial charge in [0, 0.05) is 36.7 Å². The van der Waals surface area contributed by atoms with Crippen LogP contribution in [0.4, 0.5) is 4.79 Å². The highest BCUT2D eigenvalue weighted by Gasteiger charge is 2.32. The summed E-state index contributed by atoms with van der Waals surface area (Å²) in [7, 11) is 0. The van der Waals surface area contributed by atoms with Gasteiger partial charge in [0.15, 0.2) is 11.4 Å². The van der Waals surface area contributed by atoms with E-state index in [2.05, 4.69) is 20.6 Å². The van der Waals surface area contributed by atoms with Crippen LogP contribution in [0, 0.1) is 0 Å². The molecule has 1 aliphatic rings. The van der Waals surface area contributed by atoms with Crippen molar-refractivity contribution in [2.24, 2.45) is 0 Å². The monoisotopic (exact) mass is 552 g/mol. The fraction of sp³-hybridized carbons (Fsp3) is 0.357. The van der Waals surface area contributed by atoms with E-state index in [4.69, 9.17) is 14.2 Å². The van der Waals surface area contributed by atoms with E-state index in [1.807, 2.05) is 48.5 Å². The average molecular weight is 553 g/mol. The van der Waals surface area contributed by atoms with Crippen LogP contribution in [0.1, 0.15) is 48.0 Å². The summed E-state index contributed by atoms with van der Waals surface area (Å²) in [6.07, 6.45) is 3.22. The lowest BCUT2D eigenvalue weighted by Gasteiger charge is -2.36. The number of hydrogen-bond donors (Lipinski definition) is 3. The molecule has 2 heterocycles. The summed E-state index contributed by atoms with van der Waals surface area (Å²) < 4.78 is 17.5. The molecule has 3 atom stereocenters. The Kier molecular flexibility index (Phi) is 10.7. The van der Waals surface area contributed by atoms with Gasteiger partial charge in [-0.2, -0.15) is 0 Å². The molecule has 39 heavy (non-hydrogen) atoms. The molecule has 10 nitrogen and oxygen atoms in total. The second-order valence-electron chi connectivity index (χ2n) is 8.78. The van der Waals surface area contributed by atoms with Crippen molar-refractivity contribution in [1.29, 1.82) is 0 Å². The molecule has 0 radical (unpaired) electrons. The maximum Gasteiger partial charge on any atom is 0.325 e. The first kappa shape index (κ1) is 28.5. The first-order valence-corrected chi connectivity index (χ1v) is 13.7. The first-order chi connectivity index (χ1) is 19.0. The molecule has 4 rings (SSSR count). The van der Waals surface area contributed by atoms with E-state index < -0.39 is 18.3 Å². The largest absolute Gasteiger partial charge is 0.465 e. The molecule has 0 bridgehead atoms. The van der Waals surface area contributed by atoms with E-state index in [-0.39, 0.29) is 38.5 Å². The number of benzene rings is 2. The summed E-state index contributed by atoms with van der Waals surface area (Å²) in [4.78, 5) is 31.9. The number of aliphatic hydroxyl groups excluding tert-OH is 1. The van der Waals surface area contributed by atoms with Gasteiger partial charge in [0.1, 0.15) is 6.54 Å². The lowest BCUT2D eigenvalue weighted by atomic mass is 10.0. The number of nitrogens with zero attached hydrogens (tertiary/aromatic N) is 2. The van der Waals surface area contributed by atoms with Crippen LogP contribution in [0.25, 0.3) is 0 Å². The Hall–Kier alpha value is -3.51. The van der Waals surface area contributed by atoms with Gasteiger partial charge in [-0.15, -0.1) is 0 Å². The second kappa shape index (κ2) is 14.6. The number of thioether (sulfide) groups is 1. The summed E-state index contributed by atoms with van der Waals surface area (Å²) in [5.41, 5.74) is 3.59. The Morgan fingerprint density at radius 1 is 1.00 bits per heavy atom. The van der Waals surface area contributed by atoms with Gasteiger partial charge < -0.3 is 30.0 Å². The normalized spacial score (nSPS) is 18.8. The molecule has 3 aromatic rings. The van der Waals surface area contributed by atoms with Crippen molar-refractivity contribution < 1.29 is 28.9 Å². The Labute approximate surface area is 231 Å². The number of aromatic nitrogens is 2. The number of urea groups is 1. The van der Waals surface area contributed by atoms with Crippen LogP contribution >= 0.6 is 11.8 Å². The highest BCUT2D eigenvalue weighted by atomic mass is 32.2. The smallest absolute Gasteiger partial charge is 0.325 e. The van der Waals surface area contributed by atoms with Crippen molar-refractivity contribution in [3.63, 3.8) is 0 Å². The highest BCUT2D eigenvalue weighted by molar-refractivity contribution is 7.99. The van der Waals surface area contributed by atoms with E-state index in [0.29, 0.717) is 17.3 Å². The number of hydrogen-bond acceptors (Lipinski definition) is 9. The van der Waals surface area contributed by atoms with Gasteiger partial charge >= 0.3 is 12.0 Å². The van der Waals surface area contributed by atoms with E-state index in [1.54, 1.807) is 25.4 Å². The van der Waals surface area contributed by atoms with E-state index in [9.17, 15) is 14.7 Å². The topological polar surface area (TPSA) is 132 Å². The van der Waals surface area contributed by atoms with Gasteiger partial charge in [0.2, 0.25) is 0 Å². The minimum atomic E-state index is -0.585. The van der Waals surface area contributed by atoms with Crippen LogP contribution < -0.4 is 10.6 Å². The van der Waals surface area contributed by atoms with Crippen molar-refractivity contribution in [1.82, 2.24) is 20.6 Å². The van der Waals surface area contributed by atoms with E-state index in [0.717, 1.165) is 22.3 Å². The Balaban J connectivity index is 1.39. The minimum Gasteiger partial charge on any atom is -0.465 e. The van der Waals surface area contributed by atoms with Crippen molar-refractivity contribution in [2.45, 2.75) is 50.2 Å². The molecule has 1 aromatic heterocycles. The molecule has 2 amide bonds. The molecule has 0 saturated carbocycles. The minimum absolute atomic E-state index is 0.0118. The van der Waals surface area contributed by atoms with Crippen LogP contribution in [-0.2, 0) is 32.2 Å². The number of esters is 1. The maximum absolute atomic E-state index is 12.0. The first-order valence-electron chi connectivity index (χ1n) is 12.7. The number of carbonyl (C=O) groups excluding carboxylic acids is 2. The average Bonchev–Trinajstić information content (AvgIpc) is 2.99. The fourth-order valence-electron chi connectivity index (χ4n) is 3.95. The van der Waals surface area contributed by atoms with Crippen LogP contribution in [0.15, 0.2) is 72.1 Å². The third-order valence-electron chi connectivity index (χ3n) is 5.96. The lowest BCUT2D eigenvalue weighted by molar-refractivity contribution is -0.245. The molecule has 0 unspecified atom stereocenters. The van der Waals surface area contributed by atoms with Crippen molar-refractivity contribution in [3.05, 3.63) is 89.2 Å². The standard InChI is InChI=1S/C28H32N4O6S/c1-2-36-25(34)16-32-27(35)31-15-19-4-10-22(11-5-19)26-37-23(18-39-28-29-12-3-13-30-28)14-24(38-26)21-8-6-20(17-33)7-9-21/h3-13,23-24,26,33H,2,14-18H2,1H3,(H2,31,32,35)/t23-,24+,26+/m0/s1. The lowest BCUT2D eigenvalue weighted by Crippen LogP contribution is -2.38. The summed E-state index contributed by atoms with van der Waals surface area (Å²) >= 11 is 1.54. The molecular weight excluding hydrogens is 520 g/mol. The summed E-state index contributed by atoms with van der Waals surface area (Å²) in [5.74, 6) is 0.179.